The number of nitrogens with zero attached hydrogens (tertiary/aromatic N) is 6. The van der Waals surface area contributed by atoms with Crippen molar-refractivity contribution >= 4 is 39.0 Å². The number of aromatic nitrogens is 2. The summed E-state index contributed by atoms with van der Waals surface area (Å²) in [5, 5.41) is 27.2. The molecule has 0 aliphatic carbocycles. The summed E-state index contributed by atoms with van der Waals surface area (Å²) in [6, 6.07) is 33.9. The number of nitriles is 2. The lowest BCUT2D eigenvalue weighted by atomic mass is 9.84. The summed E-state index contributed by atoms with van der Waals surface area (Å²) >= 11 is 0. The zero-order chi connectivity index (χ0) is 37.6. The molecular weight excluding hydrogens is 649 g/mol. The lowest BCUT2D eigenvalue weighted by Crippen LogP contribution is -2.28. The van der Waals surface area contributed by atoms with Crippen molar-refractivity contribution in [3.8, 4) is 12.1 Å². The van der Waals surface area contributed by atoms with Gasteiger partial charge in [0.15, 0.2) is 0 Å². The first-order valence-corrected chi connectivity index (χ1v) is 19.0. The molecule has 0 radical (unpaired) electrons. The average molecular weight is 697 g/mol. The van der Waals surface area contributed by atoms with Gasteiger partial charge in [0.05, 0.1) is 57.3 Å². The molecule has 6 nitrogen and oxygen atoms in total. The molecule has 1 unspecified atom stereocenters. The van der Waals surface area contributed by atoms with Crippen LogP contribution in [0, 0.1) is 22.7 Å². The molecule has 0 saturated carbocycles. The molecule has 1 aliphatic heterocycles. The Hall–Kier alpha value is -5.72. The molecule has 6 aromatic rings. The van der Waals surface area contributed by atoms with E-state index in [1.54, 1.807) is 0 Å². The van der Waals surface area contributed by atoms with Gasteiger partial charge in [-0.05, 0) is 113 Å². The third kappa shape index (κ3) is 6.27. The Morgan fingerprint density at radius 3 is 1.66 bits per heavy atom. The quantitative estimate of drug-likeness (QED) is 0.151. The lowest BCUT2D eigenvalue weighted by Gasteiger charge is -2.30. The van der Waals surface area contributed by atoms with Crippen LogP contribution >= 0.6 is 0 Å². The van der Waals surface area contributed by atoms with E-state index in [-0.39, 0.29) is 17.8 Å². The number of rotatable bonds is 9. The summed E-state index contributed by atoms with van der Waals surface area (Å²) in [6.45, 7) is 18.2. The molecule has 1 atom stereocenters. The Bertz CT molecular complexity index is 2340. The van der Waals surface area contributed by atoms with Gasteiger partial charge in [0.1, 0.15) is 5.84 Å². The number of anilines is 2. The SMILES string of the molecule is CC(C)c1cccc(C(C)C)c1CCC1/C(=N/n2c3ccc(C#N)cc3c3cc(C#N)ccc32)N(c2c(C(C)C)cccc2C(C)C)c2cccnc21. The Labute approximate surface area is 314 Å². The maximum atomic E-state index is 9.85. The summed E-state index contributed by atoms with van der Waals surface area (Å²) in [5.74, 6) is 2.19. The van der Waals surface area contributed by atoms with Crippen LogP contribution < -0.4 is 4.90 Å². The van der Waals surface area contributed by atoms with E-state index in [1.807, 2.05) is 53.3 Å². The molecule has 0 fully saturated rings. The highest BCUT2D eigenvalue weighted by atomic mass is 15.4. The first-order valence-electron chi connectivity index (χ1n) is 19.0. The van der Waals surface area contributed by atoms with Gasteiger partial charge in [0.2, 0.25) is 0 Å². The number of para-hydroxylation sites is 1. The number of fused-ring (bicyclic) bond motifs is 4. The first-order chi connectivity index (χ1) is 25.5. The Morgan fingerprint density at radius 1 is 0.660 bits per heavy atom. The maximum Gasteiger partial charge on any atom is 0.144 e. The normalized spacial score (nSPS) is 15.0. The summed E-state index contributed by atoms with van der Waals surface area (Å²) in [7, 11) is 0. The molecule has 0 amide bonds. The summed E-state index contributed by atoms with van der Waals surface area (Å²) in [6.07, 6.45) is 3.64. The summed E-state index contributed by atoms with van der Waals surface area (Å²) < 4.78 is 2.03. The third-order valence-corrected chi connectivity index (χ3v) is 10.9. The fourth-order valence-corrected chi connectivity index (χ4v) is 8.29. The molecule has 0 saturated heterocycles. The highest BCUT2D eigenvalue weighted by molar-refractivity contribution is 6.15. The van der Waals surface area contributed by atoms with Gasteiger partial charge in [-0.1, -0.05) is 91.8 Å². The predicted molar refractivity (Wildman–Crippen MR) is 218 cm³/mol. The van der Waals surface area contributed by atoms with Crippen LogP contribution in [-0.2, 0) is 6.42 Å². The van der Waals surface area contributed by atoms with Crippen LogP contribution in [0.4, 0.5) is 11.4 Å². The van der Waals surface area contributed by atoms with Crippen molar-refractivity contribution < 1.29 is 0 Å². The van der Waals surface area contributed by atoms with E-state index in [4.69, 9.17) is 10.1 Å². The van der Waals surface area contributed by atoms with Gasteiger partial charge in [0, 0.05) is 17.0 Å². The average Bonchev–Trinajstić information content (AvgIpc) is 3.63. The van der Waals surface area contributed by atoms with E-state index < -0.39 is 0 Å². The molecule has 7 rings (SSSR count). The van der Waals surface area contributed by atoms with Crippen LogP contribution in [0.2, 0.25) is 0 Å². The van der Waals surface area contributed by atoms with Crippen LogP contribution in [-0.4, -0.2) is 15.5 Å². The summed E-state index contributed by atoms with van der Waals surface area (Å²) in [5.41, 5.74) is 13.0. The molecule has 266 valence electrons. The first kappa shape index (κ1) is 35.7. The van der Waals surface area contributed by atoms with E-state index in [0.717, 1.165) is 51.9 Å². The van der Waals surface area contributed by atoms with Gasteiger partial charge in [0.25, 0.3) is 0 Å². The van der Waals surface area contributed by atoms with E-state index in [2.05, 4.69) is 115 Å². The fraction of sp³-hybridized carbons (Fsp3) is 0.319. The number of benzene rings is 4. The van der Waals surface area contributed by atoms with Gasteiger partial charge in [-0.25, -0.2) is 4.68 Å². The van der Waals surface area contributed by atoms with Crippen molar-refractivity contribution in [1.29, 1.82) is 10.5 Å². The van der Waals surface area contributed by atoms with E-state index in [0.29, 0.717) is 23.0 Å². The van der Waals surface area contributed by atoms with E-state index >= 15 is 0 Å². The van der Waals surface area contributed by atoms with Crippen LogP contribution in [0.15, 0.2) is 96.2 Å². The molecular formula is C47H48N6. The van der Waals surface area contributed by atoms with Gasteiger partial charge in [-0.3, -0.25) is 9.88 Å². The molecule has 4 aromatic carbocycles. The molecule has 0 N–H and O–H groups in total. The smallest absolute Gasteiger partial charge is 0.144 e. The zero-order valence-electron chi connectivity index (χ0n) is 32.1. The predicted octanol–water partition coefficient (Wildman–Crippen LogP) is 12.2. The minimum Gasteiger partial charge on any atom is -0.294 e. The molecule has 1 aliphatic rings. The molecule has 53 heavy (non-hydrogen) atoms. The van der Waals surface area contributed by atoms with Crippen LogP contribution in [0.1, 0.15) is 136 Å². The third-order valence-electron chi connectivity index (χ3n) is 10.9. The Balaban J connectivity index is 1.53. The number of hydrogen-bond acceptors (Lipinski definition) is 4. The number of pyridine rings is 1. The van der Waals surface area contributed by atoms with Crippen molar-refractivity contribution in [3.05, 3.63) is 136 Å². The van der Waals surface area contributed by atoms with Crippen LogP contribution in [0.5, 0.6) is 0 Å². The monoisotopic (exact) mass is 696 g/mol. The molecule has 2 aromatic heterocycles. The van der Waals surface area contributed by atoms with E-state index in [9.17, 15) is 10.5 Å². The Kier molecular flexibility index (Phi) is 9.67. The number of hydrogen-bond donors (Lipinski definition) is 0. The van der Waals surface area contributed by atoms with Crippen molar-refractivity contribution in [3.63, 3.8) is 0 Å². The molecule has 0 spiro atoms. The standard InChI is InChI=1S/C47H48N6/c1-28(2)34-12-9-13-35(29(3)4)38(34)19-20-39-45-44(16-11-23-50-45)52(46-36(30(5)6)14-10-15-37(46)31(7)8)47(39)51-53-42-21-17-32(26-48)24-40(42)41-25-33(27-49)18-22-43(41)53/h9-18,21-25,28-31,39H,19-20H2,1-8H3/b51-47-. The Morgan fingerprint density at radius 2 is 1.17 bits per heavy atom. The van der Waals surface area contributed by atoms with Gasteiger partial charge in [-0.15, -0.1) is 0 Å². The van der Waals surface area contributed by atoms with Gasteiger partial charge < -0.3 is 0 Å². The lowest BCUT2D eigenvalue weighted by molar-refractivity contribution is 0.716. The highest BCUT2D eigenvalue weighted by Crippen LogP contribution is 2.49. The molecule has 6 heteroatoms. The van der Waals surface area contributed by atoms with Crippen molar-refractivity contribution in [1.82, 2.24) is 9.66 Å². The second kappa shape index (κ2) is 14.4. The van der Waals surface area contributed by atoms with E-state index in [1.165, 1.54) is 33.5 Å². The van der Waals surface area contributed by atoms with Crippen molar-refractivity contribution in [2.24, 2.45) is 5.10 Å². The second-order valence-electron chi connectivity index (χ2n) is 15.6. The highest BCUT2D eigenvalue weighted by Gasteiger charge is 2.40. The second-order valence-corrected chi connectivity index (χ2v) is 15.6. The van der Waals surface area contributed by atoms with Crippen molar-refractivity contribution in [2.45, 2.75) is 97.8 Å². The number of amidine groups is 1. The zero-order valence-corrected chi connectivity index (χ0v) is 32.1. The van der Waals surface area contributed by atoms with Crippen LogP contribution in [0.3, 0.4) is 0 Å². The summed E-state index contributed by atoms with van der Waals surface area (Å²) in [4.78, 5) is 7.54. The topological polar surface area (TPSA) is 81.0 Å². The molecule has 0 bridgehead atoms. The van der Waals surface area contributed by atoms with Crippen LogP contribution in [0.25, 0.3) is 21.8 Å². The fourth-order valence-electron chi connectivity index (χ4n) is 8.29. The largest absolute Gasteiger partial charge is 0.294 e. The minimum absolute atomic E-state index is 0.101. The van der Waals surface area contributed by atoms with Gasteiger partial charge in [-0.2, -0.15) is 15.6 Å². The van der Waals surface area contributed by atoms with Crippen molar-refractivity contribution in [2.75, 3.05) is 4.90 Å². The minimum atomic E-state index is -0.101. The van der Waals surface area contributed by atoms with Gasteiger partial charge >= 0.3 is 0 Å². The maximum absolute atomic E-state index is 9.85. The molecule has 3 heterocycles.